The summed E-state index contributed by atoms with van der Waals surface area (Å²) in [5.74, 6) is 0.491. The quantitative estimate of drug-likeness (QED) is 0.478. The van der Waals surface area contributed by atoms with Crippen LogP contribution >= 0.6 is 0 Å². The third-order valence-electron chi connectivity index (χ3n) is 3.90. The average Bonchev–Trinajstić information content (AvgIpc) is 2.29. The van der Waals surface area contributed by atoms with Crippen LogP contribution in [-0.2, 0) is 0 Å². The highest BCUT2D eigenvalue weighted by Gasteiger charge is 2.02. The van der Waals surface area contributed by atoms with Crippen molar-refractivity contribution in [3.63, 3.8) is 0 Å². The second-order valence-electron chi connectivity index (χ2n) is 5.58. The van der Waals surface area contributed by atoms with Crippen molar-refractivity contribution in [3.05, 3.63) is 0 Å². The van der Waals surface area contributed by atoms with Crippen LogP contribution in [0.4, 0.5) is 0 Å². The normalized spacial score (nSPS) is 24.5. The molecule has 1 heteroatoms. The lowest BCUT2D eigenvalue weighted by Gasteiger charge is -2.10. The van der Waals surface area contributed by atoms with Gasteiger partial charge in [0, 0.05) is 0 Å². The minimum absolute atomic E-state index is 0.491. The number of hydrogen-bond acceptors (Lipinski definition) is 0. The van der Waals surface area contributed by atoms with Crippen molar-refractivity contribution in [2.45, 2.75) is 95.7 Å². The van der Waals surface area contributed by atoms with Gasteiger partial charge in [-0.3, -0.25) is 0 Å². The zero-order valence-corrected chi connectivity index (χ0v) is 11.1. The first-order valence-electron chi connectivity index (χ1n) is 7.65. The van der Waals surface area contributed by atoms with E-state index in [1.165, 1.54) is 89.9 Å². The van der Waals surface area contributed by atoms with E-state index < -0.39 is 0 Å². The fraction of sp³-hybridized carbons (Fsp3) is 1.00. The first-order chi connectivity index (χ1) is 7.89. The van der Waals surface area contributed by atoms with Crippen molar-refractivity contribution in [2.24, 2.45) is 0 Å². The summed E-state index contributed by atoms with van der Waals surface area (Å²) in [4.78, 5) is 0. The Labute approximate surface area is 104 Å². The summed E-state index contributed by atoms with van der Waals surface area (Å²) >= 11 is 0. The topological polar surface area (TPSA) is 0 Å². The van der Waals surface area contributed by atoms with Gasteiger partial charge in [-0.05, 0) is 0 Å². The van der Waals surface area contributed by atoms with Gasteiger partial charge in [0.25, 0.3) is 0 Å². The molecule has 0 amide bonds. The zero-order chi connectivity index (χ0) is 11.5. The average molecular weight is 220 g/mol. The lowest BCUT2D eigenvalue weighted by Crippen LogP contribution is -1.93. The van der Waals surface area contributed by atoms with E-state index in [2.05, 4.69) is 0 Å². The number of hydrogen-bond donors (Lipinski definition) is 0. The molecule has 0 bridgehead atoms. The largest absolute Gasteiger partial charge is 0.0774 e. The Morgan fingerprint density at radius 3 is 1.00 bits per heavy atom. The SMILES string of the molecule is [B]C1CCCCCCCCCCCCCC1. The molecule has 0 aromatic rings. The van der Waals surface area contributed by atoms with Gasteiger partial charge >= 0.3 is 0 Å². The van der Waals surface area contributed by atoms with Gasteiger partial charge in [-0.25, -0.2) is 0 Å². The third kappa shape index (κ3) is 8.24. The van der Waals surface area contributed by atoms with E-state index in [0.29, 0.717) is 5.82 Å². The highest BCUT2D eigenvalue weighted by Crippen LogP contribution is 2.21. The molecular weight excluding hydrogens is 191 g/mol. The second-order valence-corrected chi connectivity index (χ2v) is 5.58. The van der Waals surface area contributed by atoms with Crippen LogP contribution in [0.1, 0.15) is 89.9 Å². The highest BCUT2D eigenvalue weighted by atomic mass is 14.1. The van der Waals surface area contributed by atoms with Gasteiger partial charge in [0.1, 0.15) is 0 Å². The van der Waals surface area contributed by atoms with E-state index in [1.54, 1.807) is 0 Å². The minimum atomic E-state index is 0.491. The molecule has 1 saturated carbocycles. The van der Waals surface area contributed by atoms with E-state index in [4.69, 9.17) is 7.85 Å². The standard InChI is InChI=1S/C15H29B/c16-15-13-11-9-7-5-3-1-2-4-6-8-10-12-14-15/h15H,1-14H2. The fourth-order valence-electron chi connectivity index (χ4n) is 2.73. The first kappa shape index (κ1) is 14.1. The van der Waals surface area contributed by atoms with Gasteiger partial charge in [0.05, 0.1) is 7.85 Å². The Hall–Kier alpha value is 0.0649. The maximum Gasteiger partial charge on any atom is 0.0699 e. The zero-order valence-electron chi connectivity index (χ0n) is 11.1. The lowest BCUT2D eigenvalue weighted by molar-refractivity contribution is 0.547. The maximum atomic E-state index is 6.12. The Bertz CT molecular complexity index is 128. The molecule has 0 spiro atoms. The van der Waals surface area contributed by atoms with E-state index in [1.807, 2.05) is 0 Å². The summed E-state index contributed by atoms with van der Waals surface area (Å²) in [5.41, 5.74) is 0. The molecule has 92 valence electrons. The molecular formula is C15H29B. The third-order valence-corrected chi connectivity index (χ3v) is 3.90. The summed E-state index contributed by atoms with van der Waals surface area (Å²) in [7, 11) is 6.12. The Morgan fingerprint density at radius 1 is 0.438 bits per heavy atom. The van der Waals surface area contributed by atoms with Gasteiger partial charge < -0.3 is 0 Å². The van der Waals surface area contributed by atoms with Crippen molar-refractivity contribution in [1.82, 2.24) is 0 Å². The van der Waals surface area contributed by atoms with E-state index in [-0.39, 0.29) is 0 Å². The Morgan fingerprint density at radius 2 is 0.688 bits per heavy atom. The molecule has 0 aromatic carbocycles. The van der Waals surface area contributed by atoms with Crippen LogP contribution in [0, 0.1) is 0 Å². The fourth-order valence-corrected chi connectivity index (χ4v) is 2.73. The first-order valence-corrected chi connectivity index (χ1v) is 7.65. The molecule has 0 aromatic heterocycles. The van der Waals surface area contributed by atoms with Crippen molar-refractivity contribution in [2.75, 3.05) is 0 Å². The molecule has 2 radical (unpaired) electrons. The van der Waals surface area contributed by atoms with Gasteiger partial charge in [-0.1, -0.05) is 95.7 Å². The molecule has 1 aliphatic rings. The molecule has 16 heavy (non-hydrogen) atoms. The van der Waals surface area contributed by atoms with Crippen LogP contribution in [0.5, 0.6) is 0 Å². The number of rotatable bonds is 0. The molecule has 0 aliphatic heterocycles. The molecule has 1 aliphatic carbocycles. The molecule has 0 saturated heterocycles. The molecule has 0 unspecified atom stereocenters. The predicted octanol–water partition coefficient (Wildman–Crippen LogP) is 5.42. The predicted molar refractivity (Wildman–Crippen MR) is 74.1 cm³/mol. The van der Waals surface area contributed by atoms with Gasteiger partial charge in [-0.2, -0.15) is 0 Å². The highest BCUT2D eigenvalue weighted by molar-refractivity contribution is 6.11. The van der Waals surface area contributed by atoms with Crippen LogP contribution in [0.2, 0.25) is 5.82 Å². The van der Waals surface area contributed by atoms with Crippen LogP contribution in [0.3, 0.4) is 0 Å². The van der Waals surface area contributed by atoms with Gasteiger partial charge in [0.15, 0.2) is 0 Å². The van der Waals surface area contributed by atoms with Crippen molar-refractivity contribution in [1.29, 1.82) is 0 Å². The lowest BCUT2D eigenvalue weighted by atomic mass is 9.79. The van der Waals surface area contributed by atoms with E-state index in [9.17, 15) is 0 Å². The smallest absolute Gasteiger partial charge is 0.0699 e. The monoisotopic (exact) mass is 220 g/mol. The van der Waals surface area contributed by atoms with E-state index >= 15 is 0 Å². The van der Waals surface area contributed by atoms with Crippen LogP contribution in [0.15, 0.2) is 0 Å². The molecule has 0 heterocycles. The van der Waals surface area contributed by atoms with Crippen LogP contribution < -0.4 is 0 Å². The van der Waals surface area contributed by atoms with Gasteiger partial charge in [0.2, 0.25) is 0 Å². The van der Waals surface area contributed by atoms with Crippen molar-refractivity contribution >= 4 is 7.85 Å². The van der Waals surface area contributed by atoms with Crippen molar-refractivity contribution in [3.8, 4) is 0 Å². The molecule has 1 rings (SSSR count). The molecule has 0 N–H and O–H groups in total. The second kappa shape index (κ2) is 10.2. The summed E-state index contributed by atoms with van der Waals surface area (Å²) in [5, 5.41) is 0. The molecule has 1 fully saturated rings. The van der Waals surface area contributed by atoms with Crippen LogP contribution in [-0.4, -0.2) is 7.85 Å². The summed E-state index contributed by atoms with van der Waals surface area (Å²) in [6.07, 6.45) is 19.7. The summed E-state index contributed by atoms with van der Waals surface area (Å²) in [6.45, 7) is 0. The Balaban J connectivity index is 2.10. The van der Waals surface area contributed by atoms with Gasteiger partial charge in [-0.15, -0.1) is 0 Å². The summed E-state index contributed by atoms with van der Waals surface area (Å²) in [6, 6.07) is 0. The van der Waals surface area contributed by atoms with Crippen LogP contribution in [0.25, 0.3) is 0 Å². The minimum Gasteiger partial charge on any atom is -0.0774 e. The van der Waals surface area contributed by atoms with E-state index in [0.717, 1.165) is 0 Å². The van der Waals surface area contributed by atoms with Crippen molar-refractivity contribution < 1.29 is 0 Å². The molecule has 0 atom stereocenters. The summed E-state index contributed by atoms with van der Waals surface area (Å²) < 4.78 is 0. The Kier molecular flexibility index (Phi) is 9.04. The molecule has 0 nitrogen and oxygen atoms in total. The maximum absolute atomic E-state index is 6.12.